The molecule has 1 atom stereocenters. The highest BCUT2D eigenvalue weighted by Crippen LogP contribution is 2.16. The van der Waals surface area contributed by atoms with Crippen molar-refractivity contribution in [2.24, 2.45) is 16.8 Å². The summed E-state index contributed by atoms with van der Waals surface area (Å²) in [6.45, 7) is 11.9. The summed E-state index contributed by atoms with van der Waals surface area (Å²) in [6, 6.07) is 0.305. The number of carbonyl (C=O) groups is 1. The molecule has 1 heterocycles. The van der Waals surface area contributed by atoms with Gasteiger partial charge in [-0.1, -0.05) is 13.8 Å². The van der Waals surface area contributed by atoms with Crippen LogP contribution in [-0.4, -0.2) is 67.5 Å². The minimum Gasteiger partial charge on any atom is -0.450 e. The molecule has 1 aliphatic rings. The molecule has 0 aromatic heterocycles. The zero-order valence-electron chi connectivity index (χ0n) is 17.4. The quantitative estimate of drug-likeness (QED) is 0.259. The Bertz CT molecular complexity index is 427. The van der Waals surface area contributed by atoms with Crippen LogP contribution in [0.3, 0.4) is 0 Å². The lowest BCUT2D eigenvalue weighted by Gasteiger charge is -2.32. The highest BCUT2D eigenvalue weighted by molar-refractivity contribution is 14.0. The Hall–Kier alpha value is -0.770. The predicted molar refractivity (Wildman–Crippen MR) is 121 cm³/mol. The third-order valence-corrected chi connectivity index (χ3v) is 4.56. The molecule has 0 aromatic carbocycles. The molecule has 1 amide bonds. The summed E-state index contributed by atoms with van der Waals surface area (Å²) in [5, 5.41) is 16.1. The first-order valence-electron chi connectivity index (χ1n) is 10.1. The van der Waals surface area contributed by atoms with Gasteiger partial charge >= 0.3 is 6.09 Å². The van der Waals surface area contributed by atoms with E-state index in [1.807, 2.05) is 6.92 Å². The van der Waals surface area contributed by atoms with Crippen molar-refractivity contribution >= 4 is 36.0 Å². The average molecular weight is 498 g/mol. The molecule has 0 aliphatic carbocycles. The molecular weight excluding hydrogens is 459 g/mol. The highest BCUT2D eigenvalue weighted by Gasteiger charge is 2.24. The van der Waals surface area contributed by atoms with Crippen LogP contribution in [0.25, 0.3) is 0 Å². The molecule has 1 fully saturated rings. The number of nitrogens with zero attached hydrogens (tertiary/aromatic N) is 2. The zero-order valence-corrected chi connectivity index (χ0v) is 19.7. The Balaban J connectivity index is 0.00000676. The van der Waals surface area contributed by atoms with E-state index in [1.165, 1.54) is 0 Å². The van der Waals surface area contributed by atoms with Crippen LogP contribution in [0.15, 0.2) is 4.99 Å². The largest absolute Gasteiger partial charge is 0.450 e. The van der Waals surface area contributed by atoms with E-state index in [9.17, 15) is 9.90 Å². The molecule has 0 spiro atoms. The van der Waals surface area contributed by atoms with Crippen molar-refractivity contribution in [1.82, 2.24) is 15.5 Å². The van der Waals surface area contributed by atoms with Gasteiger partial charge in [-0.15, -0.1) is 24.0 Å². The summed E-state index contributed by atoms with van der Waals surface area (Å²) < 4.78 is 5.07. The maximum absolute atomic E-state index is 11.8. The van der Waals surface area contributed by atoms with Crippen LogP contribution in [0.1, 0.15) is 53.4 Å². The third kappa shape index (κ3) is 11.0. The summed E-state index contributed by atoms with van der Waals surface area (Å²) in [7, 11) is 0. The number of halogens is 1. The molecule has 7 nitrogen and oxygen atoms in total. The lowest BCUT2D eigenvalue weighted by molar-refractivity contribution is 0.0963. The Morgan fingerprint density at radius 1 is 1.30 bits per heavy atom. The first-order chi connectivity index (χ1) is 12.5. The number of carbonyl (C=O) groups excluding carboxylic acids is 1. The standard InChI is InChI=1S/C19H38N4O3.HI/c1-5-20-18(21-14-16(9-12-24)13-15(3)4)22-17-7-10-23(11-8-17)19(25)26-6-2;/h15-17,24H,5-14H2,1-4H3,(H2,20,21,22);1H. The Morgan fingerprint density at radius 2 is 1.96 bits per heavy atom. The van der Waals surface area contributed by atoms with Gasteiger partial charge in [0.2, 0.25) is 0 Å². The molecule has 1 aliphatic heterocycles. The maximum atomic E-state index is 11.8. The van der Waals surface area contributed by atoms with Crippen LogP contribution in [-0.2, 0) is 4.74 Å². The van der Waals surface area contributed by atoms with Crippen molar-refractivity contribution < 1.29 is 14.6 Å². The number of amides is 1. The molecule has 3 N–H and O–H groups in total. The first kappa shape index (κ1) is 26.2. The number of ether oxygens (including phenoxy) is 1. The summed E-state index contributed by atoms with van der Waals surface area (Å²) in [5.41, 5.74) is 0. The van der Waals surface area contributed by atoms with Gasteiger partial charge in [0.25, 0.3) is 0 Å². The van der Waals surface area contributed by atoms with Gasteiger partial charge in [-0.3, -0.25) is 4.99 Å². The summed E-state index contributed by atoms with van der Waals surface area (Å²) in [6.07, 6.45) is 3.41. The molecule has 1 rings (SSSR count). The minimum atomic E-state index is -0.216. The maximum Gasteiger partial charge on any atom is 0.409 e. The van der Waals surface area contributed by atoms with Crippen molar-refractivity contribution in [2.75, 3.05) is 39.4 Å². The van der Waals surface area contributed by atoms with Crippen LogP contribution in [0.4, 0.5) is 4.79 Å². The third-order valence-electron chi connectivity index (χ3n) is 4.56. The second-order valence-corrected chi connectivity index (χ2v) is 7.33. The van der Waals surface area contributed by atoms with Crippen molar-refractivity contribution in [1.29, 1.82) is 0 Å². The van der Waals surface area contributed by atoms with Crippen LogP contribution in [0.2, 0.25) is 0 Å². The number of piperidine rings is 1. The Labute approximate surface area is 181 Å². The molecule has 0 radical (unpaired) electrons. The van der Waals surface area contributed by atoms with Gasteiger partial charge in [-0.2, -0.15) is 0 Å². The molecular formula is C19H39IN4O3. The number of aliphatic imine (C=N–C) groups is 1. The van der Waals surface area contributed by atoms with Crippen LogP contribution < -0.4 is 10.6 Å². The lowest BCUT2D eigenvalue weighted by atomic mass is 9.94. The molecule has 0 bridgehead atoms. The van der Waals surface area contributed by atoms with Crippen molar-refractivity contribution in [3.63, 3.8) is 0 Å². The topological polar surface area (TPSA) is 86.2 Å². The Morgan fingerprint density at radius 3 is 2.48 bits per heavy atom. The number of nitrogens with one attached hydrogen (secondary N) is 2. The van der Waals surface area contributed by atoms with Gasteiger partial charge in [0.15, 0.2) is 5.96 Å². The van der Waals surface area contributed by atoms with E-state index in [0.717, 1.165) is 44.7 Å². The minimum absolute atomic E-state index is 0. The monoisotopic (exact) mass is 498 g/mol. The van der Waals surface area contributed by atoms with E-state index in [-0.39, 0.29) is 36.7 Å². The molecule has 8 heteroatoms. The van der Waals surface area contributed by atoms with Gasteiger partial charge in [-0.25, -0.2) is 4.79 Å². The second-order valence-electron chi connectivity index (χ2n) is 7.33. The number of hydrogen-bond donors (Lipinski definition) is 3. The number of hydrogen-bond acceptors (Lipinski definition) is 4. The smallest absolute Gasteiger partial charge is 0.409 e. The normalized spacial score (nSPS) is 16.7. The molecule has 0 saturated carbocycles. The van der Waals surface area contributed by atoms with Gasteiger partial charge in [0.05, 0.1) is 6.61 Å². The SMILES string of the molecule is CCNC(=NCC(CCO)CC(C)C)NC1CCN(C(=O)OCC)CC1.I. The highest BCUT2D eigenvalue weighted by atomic mass is 127. The summed E-state index contributed by atoms with van der Waals surface area (Å²) in [4.78, 5) is 18.3. The van der Waals surface area contributed by atoms with E-state index in [1.54, 1.807) is 4.90 Å². The second kappa shape index (κ2) is 15.2. The fraction of sp³-hybridized carbons (Fsp3) is 0.895. The van der Waals surface area contributed by atoms with E-state index in [2.05, 4.69) is 31.4 Å². The van der Waals surface area contributed by atoms with Crippen LogP contribution in [0, 0.1) is 11.8 Å². The van der Waals surface area contributed by atoms with Crippen molar-refractivity contribution in [3.8, 4) is 0 Å². The summed E-state index contributed by atoms with van der Waals surface area (Å²) >= 11 is 0. The van der Waals surface area contributed by atoms with Gasteiger partial charge in [0.1, 0.15) is 0 Å². The predicted octanol–water partition coefficient (Wildman–Crippen LogP) is 2.83. The van der Waals surface area contributed by atoms with Gasteiger partial charge < -0.3 is 25.4 Å². The van der Waals surface area contributed by atoms with Crippen molar-refractivity contribution in [3.05, 3.63) is 0 Å². The fourth-order valence-electron chi connectivity index (χ4n) is 3.29. The number of likely N-dealkylation sites (tertiary alicyclic amines) is 1. The van der Waals surface area contributed by atoms with E-state index in [0.29, 0.717) is 37.6 Å². The average Bonchev–Trinajstić information content (AvgIpc) is 2.60. The Kier molecular flexibility index (Phi) is 14.8. The van der Waals surface area contributed by atoms with E-state index < -0.39 is 0 Å². The lowest BCUT2D eigenvalue weighted by Crippen LogP contribution is -2.50. The van der Waals surface area contributed by atoms with Crippen LogP contribution in [0.5, 0.6) is 0 Å². The number of rotatable bonds is 9. The molecule has 160 valence electrons. The molecule has 1 saturated heterocycles. The number of aliphatic hydroxyl groups is 1. The summed E-state index contributed by atoms with van der Waals surface area (Å²) in [5.74, 6) is 1.83. The van der Waals surface area contributed by atoms with E-state index in [4.69, 9.17) is 9.73 Å². The van der Waals surface area contributed by atoms with Gasteiger partial charge in [0, 0.05) is 38.8 Å². The molecule has 0 aromatic rings. The number of aliphatic hydroxyl groups excluding tert-OH is 1. The van der Waals surface area contributed by atoms with Gasteiger partial charge in [-0.05, 0) is 51.4 Å². The number of guanidine groups is 1. The van der Waals surface area contributed by atoms with Crippen LogP contribution >= 0.6 is 24.0 Å². The zero-order chi connectivity index (χ0) is 19.4. The molecule has 27 heavy (non-hydrogen) atoms. The molecule has 1 unspecified atom stereocenters. The van der Waals surface area contributed by atoms with E-state index >= 15 is 0 Å². The van der Waals surface area contributed by atoms with Crippen molar-refractivity contribution in [2.45, 2.75) is 59.4 Å². The first-order valence-corrected chi connectivity index (χ1v) is 10.1. The fourth-order valence-corrected chi connectivity index (χ4v) is 3.29.